The molecule has 1 saturated heterocycles. The van der Waals surface area contributed by atoms with Gasteiger partial charge in [0.25, 0.3) is 5.91 Å². The van der Waals surface area contributed by atoms with E-state index >= 15 is 0 Å². The van der Waals surface area contributed by atoms with Crippen LogP contribution in [0.15, 0.2) is 48.5 Å². The van der Waals surface area contributed by atoms with Crippen molar-refractivity contribution < 1.29 is 9.53 Å². The summed E-state index contributed by atoms with van der Waals surface area (Å²) < 4.78 is 5.86. The number of aryl methyl sites for hydroxylation is 1. The summed E-state index contributed by atoms with van der Waals surface area (Å²) in [5.41, 5.74) is 8.77. The molecule has 1 atom stereocenters. The van der Waals surface area contributed by atoms with Crippen molar-refractivity contribution in [3.05, 3.63) is 65.2 Å². The maximum atomic E-state index is 12.7. The van der Waals surface area contributed by atoms with Gasteiger partial charge in [-0.1, -0.05) is 35.9 Å². The highest BCUT2D eigenvalue weighted by molar-refractivity contribution is 5.95. The summed E-state index contributed by atoms with van der Waals surface area (Å²) in [5.74, 6) is 0.759. The molecule has 1 heterocycles. The average Bonchev–Trinajstić information content (AvgIpc) is 3.08. The Kier molecular flexibility index (Phi) is 5.16. The third-order valence-corrected chi connectivity index (χ3v) is 4.48. The van der Waals surface area contributed by atoms with Crippen LogP contribution >= 0.6 is 0 Å². The van der Waals surface area contributed by atoms with Crippen LogP contribution in [0, 0.1) is 6.92 Å². The number of amides is 1. The Hall–Kier alpha value is -2.33. The van der Waals surface area contributed by atoms with Crippen LogP contribution in [0.25, 0.3) is 0 Å². The minimum Gasteiger partial charge on any atom is -0.489 e. The predicted octanol–water partition coefficient (Wildman–Crippen LogP) is 3.14. The Labute approximate surface area is 143 Å². The maximum absolute atomic E-state index is 12.7. The number of likely N-dealkylation sites (tertiary alicyclic amines) is 1. The highest BCUT2D eigenvalue weighted by Gasteiger charge is 2.28. The second kappa shape index (κ2) is 7.49. The molecule has 126 valence electrons. The first kappa shape index (κ1) is 16.5. The van der Waals surface area contributed by atoms with E-state index in [2.05, 4.69) is 19.1 Å². The Morgan fingerprint density at radius 1 is 1.25 bits per heavy atom. The molecular weight excluding hydrogens is 300 g/mol. The number of carbonyl (C=O) groups excluding carboxylic acids is 1. The minimum atomic E-state index is 0.0453. The lowest BCUT2D eigenvalue weighted by Crippen LogP contribution is -2.39. The summed E-state index contributed by atoms with van der Waals surface area (Å²) in [7, 11) is 0. The van der Waals surface area contributed by atoms with Crippen molar-refractivity contribution in [3.63, 3.8) is 0 Å². The Morgan fingerprint density at radius 3 is 2.88 bits per heavy atom. The zero-order chi connectivity index (χ0) is 16.9. The summed E-state index contributed by atoms with van der Waals surface area (Å²) in [6.45, 7) is 3.87. The molecule has 1 aliphatic heterocycles. The van der Waals surface area contributed by atoms with Gasteiger partial charge in [0, 0.05) is 24.7 Å². The van der Waals surface area contributed by atoms with Gasteiger partial charge >= 0.3 is 0 Å². The fourth-order valence-corrected chi connectivity index (χ4v) is 3.20. The van der Waals surface area contributed by atoms with E-state index in [1.165, 1.54) is 5.56 Å². The molecule has 0 saturated carbocycles. The number of carbonyl (C=O) groups is 1. The van der Waals surface area contributed by atoms with E-state index in [0.29, 0.717) is 24.5 Å². The van der Waals surface area contributed by atoms with Gasteiger partial charge in [-0.15, -0.1) is 0 Å². The van der Waals surface area contributed by atoms with Crippen LogP contribution in [0.4, 0.5) is 0 Å². The Morgan fingerprint density at radius 2 is 2.08 bits per heavy atom. The lowest BCUT2D eigenvalue weighted by molar-refractivity contribution is 0.0740. The number of benzene rings is 2. The standard InChI is InChI=1S/C20H24N2O2/c1-15-5-2-6-16(11-15)14-24-19-9-3-7-17(12-19)20(23)22-10-4-8-18(22)13-21/h2-3,5-7,9,11-12,18H,4,8,10,13-14,21H2,1H3. The summed E-state index contributed by atoms with van der Waals surface area (Å²) in [4.78, 5) is 14.6. The molecule has 3 rings (SSSR count). The van der Waals surface area contributed by atoms with Crippen molar-refractivity contribution in [2.45, 2.75) is 32.4 Å². The molecule has 0 aliphatic carbocycles. The van der Waals surface area contributed by atoms with Crippen molar-refractivity contribution in [1.29, 1.82) is 0 Å². The van der Waals surface area contributed by atoms with Gasteiger partial charge in [-0.05, 0) is 43.5 Å². The van der Waals surface area contributed by atoms with Crippen LogP contribution in [-0.2, 0) is 6.61 Å². The number of nitrogens with zero attached hydrogens (tertiary/aromatic N) is 1. The van der Waals surface area contributed by atoms with Crippen LogP contribution in [0.2, 0.25) is 0 Å². The van der Waals surface area contributed by atoms with Gasteiger partial charge in [-0.2, -0.15) is 0 Å². The van der Waals surface area contributed by atoms with Crippen molar-refractivity contribution in [2.75, 3.05) is 13.1 Å². The zero-order valence-corrected chi connectivity index (χ0v) is 14.1. The SMILES string of the molecule is Cc1cccc(COc2cccc(C(=O)N3CCCC3CN)c2)c1. The fourth-order valence-electron chi connectivity index (χ4n) is 3.20. The van der Waals surface area contributed by atoms with Crippen LogP contribution in [0.5, 0.6) is 5.75 Å². The van der Waals surface area contributed by atoms with E-state index in [1.807, 2.05) is 41.3 Å². The highest BCUT2D eigenvalue weighted by Crippen LogP contribution is 2.22. The molecule has 1 aliphatic rings. The van der Waals surface area contributed by atoms with E-state index in [-0.39, 0.29) is 11.9 Å². The molecule has 4 heteroatoms. The number of nitrogens with two attached hydrogens (primary N) is 1. The highest BCUT2D eigenvalue weighted by atomic mass is 16.5. The molecule has 2 N–H and O–H groups in total. The number of ether oxygens (including phenoxy) is 1. The van der Waals surface area contributed by atoms with Crippen molar-refractivity contribution >= 4 is 5.91 Å². The van der Waals surface area contributed by atoms with Crippen molar-refractivity contribution in [2.24, 2.45) is 5.73 Å². The monoisotopic (exact) mass is 324 g/mol. The van der Waals surface area contributed by atoms with Crippen molar-refractivity contribution in [1.82, 2.24) is 4.90 Å². The van der Waals surface area contributed by atoms with Gasteiger partial charge in [0.15, 0.2) is 0 Å². The molecule has 1 fully saturated rings. The average molecular weight is 324 g/mol. The minimum absolute atomic E-state index is 0.0453. The molecule has 1 amide bonds. The zero-order valence-electron chi connectivity index (χ0n) is 14.1. The van der Waals surface area contributed by atoms with Crippen LogP contribution < -0.4 is 10.5 Å². The third kappa shape index (κ3) is 3.77. The summed E-state index contributed by atoms with van der Waals surface area (Å²) in [6, 6.07) is 15.8. The van der Waals surface area contributed by atoms with E-state index < -0.39 is 0 Å². The predicted molar refractivity (Wildman–Crippen MR) is 95.1 cm³/mol. The fraction of sp³-hybridized carbons (Fsp3) is 0.350. The molecule has 0 spiro atoms. The Bertz CT molecular complexity index is 714. The smallest absolute Gasteiger partial charge is 0.254 e. The first-order valence-corrected chi connectivity index (χ1v) is 8.47. The number of hydrogen-bond donors (Lipinski definition) is 1. The molecule has 1 unspecified atom stereocenters. The number of rotatable bonds is 5. The number of hydrogen-bond acceptors (Lipinski definition) is 3. The molecule has 4 nitrogen and oxygen atoms in total. The van der Waals surface area contributed by atoms with Crippen molar-refractivity contribution in [3.8, 4) is 5.75 Å². The van der Waals surface area contributed by atoms with Gasteiger partial charge in [0.2, 0.25) is 0 Å². The molecule has 2 aromatic rings. The van der Waals surface area contributed by atoms with Gasteiger partial charge in [-0.25, -0.2) is 0 Å². The van der Waals surface area contributed by atoms with Crippen LogP contribution in [0.1, 0.15) is 34.3 Å². The topological polar surface area (TPSA) is 55.6 Å². The lowest BCUT2D eigenvalue weighted by Gasteiger charge is -2.23. The molecule has 24 heavy (non-hydrogen) atoms. The second-order valence-corrected chi connectivity index (χ2v) is 6.34. The van der Waals surface area contributed by atoms with E-state index in [1.54, 1.807) is 0 Å². The molecule has 0 bridgehead atoms. The van der Waals surface area contributed by atoms with Gasteiger partial charge < -0.3 is 15.4 Å². The molecule has 0 aromatic heterocycles. The van der Waals surface area contributed by atoms with E-state index in [4.69, 9.17) is 10.5 Å². The largest absolute Gasteiger partial charge is 0.489 e. The second-order valence-electron chi connectivity index (χ2n) is 6.34. The summed E-state index contributed by atoms with van der Waals surface area (Å²) >= 11 is 0. The van der Waals surface area contributed by atoms with Crippen LogP contribution in [0.3, 0.4) is 0 Å². The maximum Gasteiger partial charge on any atom is 0.254 e. The van der Waals surface area contributed by atoms with E-state index in [0.717, 1.165) is 24.9 Å². The van der Waals surface area contributed by atoms with Gasteiger partial charge in [0.1, 0.15) is 12.4 Å². The summed E-state index contributed by atoms with van der Waals surface area (Å²) in [6.07, 6.45) is 2.02. The van der Waals surface area contributed by atoms with Crippen LogP contribution in [-0.4, -0.2) is 29.9 Å². The quantitative estimate of drug-likeness (QED) is 0.919. The molecular formula is C20H24N2O2. The molecule has 0 radical (unpaired) electrons. The molecule has 2 aromatic carbocycles. The van der Waals surface area contributed by atoms with Gasteiger partial charge in [0.05, 0.1) is 0 Å². The summed E-state index contributed by atoms with van der Waals surface area (Å²) in [5, 5.41) is 0. The van der Waals surface area contributed by atoms with E-state index in [9.17, 15) is 4.79 Å². The lowest BCUT2D eigenvalue weighted by atomic mass is 10.1. The first-order valence-electron chi connectivity index (χ1n) is 8.47. The first-order chi connectivity index (χ1) is 11.7. The normalized spacial score (nSPS) is 17.1. The Balaban J connectivity index is 1.68. The van der Waals surface area contributed by atoms with Gasteiger partial charge in [-0.3, -0.25) is 4.79 Å². The third-order valence-electron chi connectivity index (χ3n) is 4.48.